The number of aryl methyl sites for hydroxylation is 2. The second kappa shape index (κ2) is 6.81. The van der Waals surface area contributed by atoms with Gasteiger partial charge in [-0.25, -0.2) is 0 Å². The van der Waals surface area contributed by atoms with Crippen molar-refractivity contribution in [2.45, 2.75) is 45.1 Å². The minimum absolute atomic E-state index is 0.0718. The van der Waals surface area contributed by atoms with Crippen molar-refractivity contribution in [1.82, 2.24) is 5.32 Å². The summed E-state index contributed by atoms with van der Waals surface area (Å²) in [7, 11) is 0. The summed E-state index contributed by atoms with van der Waals surface area (Å²) in [5.41, 5.74) is 1.59. The summed E-state index contributed by atoms with van der Waals surface area (Å²) in [6.07, 6.45) is 0. The molecule has 0 saturated heterocycles. The van der Waals surface area contributed by atoms with Crippen molar-refractivity contribution < 1.29 is 4.79 Å². The first-order valence-corrected chi connectivity index (χ1v) is 7.69. The molecule has 108 valence electrons. The molecule has 0 fully saturated rings. The molecule has 1 amide bonds. The lowest BCUT2D eigenvalue weighted by atomic mass is 9.90. The van der Waals surface area contributed by atoms with Gasteiger partial charge in [0, 0.05) is 4.90 Å². The average molecular weight is 290 g/mol. The van der Waals surface area contributed by atoms with Gasteiger partial charge in [0.1, 0.15) is 5.54 Å². The van der Waals surface area contributed by atoms with E-state index in [9.17, 15) is 10.1 Å². The van der Waals surface area contributed by atoms with Crippen LogP contribution in [0.2, 0.25) is 0 Å². The summed E-state index contributed by atoms with van der Waals surface area (Å²) in [6.45, 7) is 9.72. The molecule has 0 aromatic heterocycles. The molecule has 0 aliphatic rings. The van der Waals surface area contributed by atoms with Gasteiger partial charge in [0.05, 0.1) is 11.8 Å². The number of hydrogen-bond donors (Lipinski definition) is 1. The highest BCUT2D eigenvalue weighted by atomic mass is 32.2. The number of rotatable bonds is 5. The largest absolute Gasteiger partial charge is 0.337 e. The van der Waals surface area contributed by atoms with E-state index in [1.807, 2.05) is 32.9 Å². The van der Waals surface area contributed by atoms with Crippen molar-refractivity contribution >= 4 is 17.7 Å². The first kappa shape index (κ1) is 16.6. The van der Waals surface area contributed by atoms with E-state index < -0.39 is 5.54 Å². The number of carbonyl (C=O) groups is 1. The standard InChI is InChI=1S/C16H22N2OS/c1-11(2)16(5,10-17)18-15(19)9-20-14-7-6-12(3)8-13(14)4/h6-8,11H,9H2,1-5H3,(H,18,19). The zero-order chi connectivity index (χ0) is 15.3. The predicted molar refractivity (Wildman–Crippen MR) is 83.6 cm³/mol. The van der Waals surface area contributed by atoms with Crippen LogP contribution in [0.4, 0.5) is 0 Å². The molecule has 1 aromatic rings. The molecule has 0 aliphatic heterocycles. The van der Waals surface area contributed by atoms with Gasteiger partial charge >= 0.3 is 0 Å². The first-order chi connectivity index (χ1) is 9.28. The molecule has 0 radical (unpaired) electrons. The van der Waals surface area contributed by atoms with Gasteiger partial charge in [-0.1, -0.05) is 31.5 Å². The molecule has 0 saturated carbocycles. The summed E-state index contributed by atoms with van der Waals surface area (Å²) in [4.78, 5) is 13.1. The lowest BCUT2D eigenvalue weighted by Crippen LogP contribution is -2.49. The fourth-order valence-electron chi connectivity index (χ4n) is 1.73. The Labute approximate surface area is 125 Å². The van der Waals surface area contributed by atoms with Crippen molar-refractivity contribution in [2.75, 3.05) is 5.75 Å². The van der Waals surface area contributed by atoms with Crippen molar-refractivity contribution in [3.8, 4) is 6.07 Å². The zero-order valence-corrected chi connectivity index (χ0v) is 13.6. The van der Waals surface area contributed by atoms with Gasteiger partial charge < -0.3 is 5.32 Å². The molecule has 0 bridgehead atoms. The van der Waals surface area contributed by atoms with Gasteiger partial charge in [-0.15, -0.1) is 11.8 Å². The summed E-state index contributed by atoms with van der Waals surface area (Å²) < 4.78 is 0. The number of benzene rings is 1. The van der Waals surface area contributed by atoms with Crippen molar-refractivity contribution in [3.05, 3.63) is 29.3 Å². The van der Waals surface area contributed by atoms with Gasteiger partial charge in [0.25, 0.3) is 0 Å². The van der Waals surface area contributed by atoms with E-state index in [4.69, 9.17) is 0 Å². The molecule has 3 nitrogen and oxygen atoms in total. The lowest BCUT2D eigenvalue weighted by Gasteiger charge is -2.27. The topological polar surface area (TPSA) is 52.9 Å². The number of amides is 1. The molecule has 0 aliphatic carbocycles. The van der Waals surface area contributed by atoms with Crippen molar-refractivity contribution in [1.29, 1.82) is 5.26 Å². The van der Waals surface area contributed by atoms with Gasteiger partial charge in [-0.05, 0) is 38.3 Å². The van der Waals surface area contributed by atoms with E-state index in [0.29, 0.717) is 5.75 Å². The van der Waals surface area contributed by atoms with Crippen LogP contribution >= 0.6 is 11.8 Å². The maximum absolute atomic E-state index is 12.0. The molecule has 1 aromatic carbocycles. The Balaban J connectivity index is 2.62. The van der Waals surface area contributed by atoms with Crippen LogP contribution in [0.3, 0.4) is 0 Å². The highest BCUT2D eigenvalue weighted by Gasteiger charge is 2.29. The summed E-state index contributed by atoms with van der Waals surface area (Å²) in [5, 5.41) is 12.0. The Hall–Kier alpha value is -1.47. The monoisotopic (exact) mass is 290 g/mol. The SMILES string of the molecule is Cc1ccc(SCC(=O)NC(C)(C#N)C(C)C)c(C)c1. The highest BCUT2D eigenvalue weighted by molar-refractivity contribution is 8.00. The molecule has 1 rings (SSSR count). The van der Waals surface area contributed by atoms with Gasteiger partial charge in [-0.3, -0.25) is 4.79 Å². The second-order valence-corrected chi connectivity index (χ2v) is 6.59. The summed E-state index contributed by atoms with van der Waals surface area (Å²) >= 11 is 1.51. The molecule has 4 heteroatoms. The van der Waals surface area contributed by atoms with Gasteiger partial charge in [0.2, 0.25) is 5.91 Å². The van der Waals surface area contributed by atoms with Crippen LogP contribution in [-0.4, -0.2) is 17.2 Å². The quantitative estimate of drug-likeness (QED) is 0.845. The average Bonchev–Trinajstić information content (AvgIpc) is 2.37. The highest BCUT2D eigenvalue weighted by Crippen LogP contribution is 2.23. The Morgan fingerprint density at radius 2 is 2.10 bits per heavy atom. The third-order valence-corrected chi connectivity index (χ3v) is 4.65. The molecule has 20 heavy (non-hydrogen) atoms. The fourth-order valence-corrected chi connectivity index (χ4v) is 2.54. The Morgan fingerprint density at radius 3 is 2.60 bits per heavy atom. The van der Waals surface area contributed by atoms with Crippen LogP contribution in [0.25, 0.3) is 0 Å². The number of carbonyl (C=O) groups excluding carboxylic acids is 1. The Kier molecular flexibility index (Phi) is 5.64. The first-order valence-electron chi connectivity index (χ1n) is 6.71. The molecule has 1 N–H and O–H groups in total. The van der Waals surface area contributed by atoms with Gasteiger partial charge in [0.15, 0.2) is 0 Å². The summed E-state index contributed by atoms with van der Waals surface area (Å²) in [5.74, 6) is 0.295. The minimum atomic E-state index is -0.806. The molecule has 0 heterocycles. The van der Waals surface area contributed by atoms with E-state index in [0.717, 1.165) is 4.90 Å². The van der Waals surface area contributed by atoms with E-state index in [1.54, 1.807) is 6.92 Å². The third kappa shape index (κ3) is 4.28. The number of nitriles is 1. The van der Waals surface area contributed by atoms with Crippen LogP contribution in [0.1, 0.15) is 31.9 Å². The molecule has 0 spiro atoms. The number of nitrogens with one attached hydrogen (secondary N) is 1. The molecule has 1 unspecified atom stereocenters. The third-order valence-electron chi connectivity index (χ3n) is 3.48. The van der Waals surface area contributed by atoms with E-state index in [2.05, 4.69) is 24.4 Å². The molecule has 1 atom stereocenters. The fraction of sp³-hybridized carbons (Fsp3) is 0.500. The number of hydrogen-bond acceptors (Lipinski definition) is 3. The molecular formula is C16H22N2OS. The van der Waals surface area contributed by atoms with Crippen LogP contribution in [-0.2, 0) is 4.79 Å². The molecular weight excluding hydrogens is 268 g/mol. The Bertz CT molecular complexity index is 534. The Morgan fingerprint density at radius 1 is 1.45 bits per heavy atom. The van der Waals surface area contributed by atoms with E-state index in [-0.39, 0.29) is 11.8 Å². The van der Waals surface area contributed by atoms with Gasteiger partial charge in [-0.2, -0.15) is 5.26 Å². The smallest absolute Gasteiger partial charge is 0.231 e. The van der Waals surface area contributed by atoms with Crippen molar-refractivity contribution in [2.24, 2.45) is 5.92 Å². The zero-order valence-electron chi connectivity index (χ0n) is 12.8. The lowest BCUT2D eigenvalue weighted by molar-refractivity contribution is -0.120. The minimum Gasteiger partial charge on any atom is -0.337 e. The van der Waals surface area contributed by atoms with E-state index in [1.165, 1.54) is 22.9 Å². The van der Waals surface area contributed by atoms with Crippen LogP contribution in [0.5, 0.6) is 0 Å². The van der Waals surface area contributed by atoms with Crippen LogP contribution in [0.15, 0.2) is 23.1 Å². The maximum Gasteiger partial charge on any atom is 0.231 e. The normalized spacial score (nSPS) is 13.7. The number of nitrogens with zero attached hydrogens (tertiary/aromatic N) is 1. The summed E-state index contributed by atoms with van der Waals surface area (Å²) in [6, 6.07) is 8.37. The second-order valence-electron chi connectivity index (χ2n) is 5.57. The van der Waals surface area contributed by atoms with Crippen LogP contribution < -0.4 is 5.32 Å². The maximum atomic E-state index is 12.0. The van der Waals surface area contributed by atoms with Crippen LogP contribution in [0, 0.1) is 31.1 Å². The van der Waals surface area contributed by atoms with Crippen molar-refractivity contribution in [3.63, 3.8) is 0 Å². The van der Waals surface area contributed by atoms with E-state index >= 15 is 0 Å². The number of thioether (sulfide) groups is 1. The predicted octanol–water partition coefficient (Wildman–Crippen LogP) is 3.45.